The van der Waals surface area contributed by atoms with Crippen LogP contribution in [0.2, 0.25) is 5.02 Å². The van der Waals surface area contributed by atoms with E-state index in [2.05, 4.69) is 15.3 Å². The van der Waals surface area contributed by atoms with Crippen LogP contribution in [0.3, 0.4) is 0 Å². The largest absolute Gasteiger partial charge is 0.465 e. The van der Waals surface area contributed by atoms with Gasteiger partial charge in [0, 0.05) is 24.3 Å². The van der Waals surface area contributed by atoms with E-state index in [1.807, 2.05) is 0 Å². The van der Waals surface area contributed by atoms with Crippen LogP contribution in [0.5, 0.6) is 0 Å². The molecule has 0 radical (unpaired) electrons. The molecule has 1 aliphatic heterocycles. The summed E-state index contributed by atoms with van der Waals surface area (Å²) in [6.45, 7) is 0.402. The second-order valence-electron chi connectivity index (χ2n) is 6.78. The molecule has 2 aromatic carbocycles. The maximum Gasteiger partial charge on any atom is 0.339 e. The number of amides is 2. The number of anilines is 1. The van der Waals surface area contributed by atoms with E-state index >= 15 is 0 Å². The number of nitrogens with one attached hydrogen (secondary N) is 2. The van der Waals surface area contributed by atoms with E-state index in [1.165, 1.54) is 31.4 Å². The van der Waals surface area contributed by atoms with Crippen LogP contribution < -0.4 is 5.32 Å². The first kappa shape index (κ1) is 19.9. The molecule has 1 aromatic heterocycles. The van der Waals surface area contributed by atoms with Crippen LogP contribution in [-0.2, 0) is 11.2 Å². The lowest BCUT2D eigenvalue weighted by atomic mass is 9.96. The van der Waals surface area contributed by atoms with E-state index in [1.54, 1.807) is 29.4 Å². The van der Waals surface area contributed by atoms with Gasteiger partial charge in [-0.1, -0.05) is 23.7 Å². The van der Waals surface area contributed by atoms with Gasteiger partial charge in [-0.15, -0.1) is 0 Å². The van der Waals surface area contributed by atoms with Crippen LogP contribution in [0.25, 0.3) is 0 Å². The number of carbonyl (C=O) groups is 2. The summed E-state index contributed by atoms with van der Waals surface area (Å²) < 4.78 is 18.6. The van der Waals surface area contributed by atoms with Gasteiger partial charge in [-0.05, 0) is 35.9 Å². The Kier molecular flexibility index (Phi) is 5.41. The fraction of sp³-hybridized carbons (Fsp3) is 0.190. The number of hydrogen-bond acceptors (Lipinski definition) is 4. The number of esters is 1. The van der Waals surface area contributed by atoms with Gasteiger partial charge in [0.05, 0.1) is 29.7 Å². The summed E-state index contributed by atoms with van der Waals surface area (Å²) in [4.78, 5) is 34.0. The Labute approximate surface area is 176 Å². The molecule has 0 spiro atoms. The third-order valence-corrected chi connectivity index (χ3v) is 5.30. The minimum Gasteiger partial charge on any atom is -0.465 e. The van der Waals surface area contributed by atoms with Gasteiger partial charge in [0.1, 0.15) is 11.9 Å². The number of ether oxygens (including phenoxy) is 1. The van der Waals surface area contributed by atoms with E-state index in [0.717, 1.165) is 5.69 Å². The zero-order valence-corrected chi connectivity index (χ0v) is 16.7. The highest BCUT2D eigenvalue weighted by Crippen LogP contribution is 2.34. The number of H-pyrrole nitrogens is 1. The predicted octanol–water partition coefficient (Wildman–Crippen LogP) is 4.17. The van der Waals surface area contributed by atoms with Crippen molar-refractivity contribution in [1.29, 1.82) is 0 Å². The van der Waals surface area contributed by atoms with Crippen molar-refractivity contribution >= 4 is 29.3 Å². The lowest BCUT2D eigenvalue weighted by molar-refractivity contribution is 0.0601. The van der Waals surface area contributed by atoms with Crippen molar-refractivity contribution in [2.24, 2.45) is 0 Å². The van der Waals surface area contributed by atoms with E-state index in [4.69, 9.17) is 16.3 Å². The van der Waals surface area contributed by atoms with Crippen LogP contribution in [0.15, 0.2) is 48.8 Å². The number of hydrogen-bond donors (Lipinski definition) is 2. The second-order valence-corrected chi connectivity index (χ2v) is 7.19. The average molecular weight is 429 g/mol. The Morgan fingerprint density at radius 3 is 2.90 bits per heavy atom. The number of nitrogens with zero attached hydrogens (tertiary/aromatic N) is 2. The van der Waals surface area contributed by atoms with Crippen molar-refractivity contribution in [3.8, 4) is 0 Å². The first-order valence-corrected chi connectivity index (χ1v) is 9.59. The fourth-order valence-electron chi connectivity index (χ4n) is 3.57. The number of urea groups is 1. The number of halogens is 2. The molecule has 0 aliphatic carbocycles. The van der Waals surface area contributed by atoms with E-state index in [-0.39, 0.29) is 10.6 Å². The molecule has 0 fully saturated rings. The molecule has 7 nitrogen and oxygen atoms in total. The van der Waals surface area contributed by atoms with Gasteiger partial charge in [-0.25, -0.2) is 19.0 Å². The molecule has 1 aliphatic rings. The molecule has 0 saturated heterocycles. The number of rotatable bonds is 3. The summed E-state index contributed by atoms with van der Waals surface area (Å²) in [6.07, 6.45) is 2.16. The molecule has 1 atom stereocenters. The van der Waals surface area contributed by atoms with E-state index in [9.17, 15) is 14.0 Å². The van der Waals surface area contributed by atoms with Crippen LogP contribution >= 0.6 is 11.6 Å². The molecule has 2 amide bonds. The zero-order valence-electron chi connectivity index (χ0n) is 16.0. The molecule has 30 heavy (non-hydrogen) atoms. The van der Waals surface area contributed by atoms with E-state index < -0.39 is 23.9 Å². The van der Waals surface area contributed by atoms with Gasteiger partial charge in [-0.3, -0.25) is 0 Å². The Bertz CT molecular complexity index is 1120. The zero-order chi connectivity index (χ0) is 21.3. The maximum absolute atomic E-state index is 13.9. The van der Waals surface area contributed by atoms with Crippen LogP contribution in [0.1, 0.15) is 33.4 Å². The van der Waals surface area contributed by atoms with Gasteiger partial charge >= 0.3 is 12.0 Å². The van der Waals surface area contributed by atoms with Gasteiger partial charge in [-0.2, -0.15) is 0 Å². The number of benzene rings is 2. The molecule has 4 rings (SSSR count). The summed E-state index contributed by atoms with van der Waals surface area (Å²) in [7, 11) is 1.25. The smallest absolute Gasteiger partial charge is 0.339 e. The number of fused-ring (bicyclic) bond motifs is 1. The number of aromatic nitrogens is 2. The van der Waals surface area contributed by atoms with Crippen molar-refractivity contribution in [1.82, 2.24) is 14.9 Å². The number of methoxy groups -OCH3 is 1. The normalized spacial score (nSPS) is 15.4. The van der Waals surface area contributed by atoms with Gasteiger partial charge in [0.25, 0.3) is 0 Å². The number of imidazole rings is 1. The van der Waals surface area contributed by atoms with Crippen LogP contribution in [0.4, 0.5) is 14.9 Å². The average Bonchev–Trinajstić information content (AvgIpc) is 3.22. The van der Waals surface area contributed by atoms with Gasteiger partial charge < -0.3 is 19.9 Å². The van der Waals surface area contributed by atoms with Crippen LogP contribution in [-0.4, -0.2) is 40.5 Å². The summed E-state index contributed by atoms with van der Waals surface area (Å²) in [5.41, 5.74) is 2.73. The monoisotopic (exact) mass is 428 g/mol. The SMILES string of the molecule is COC(=O)c1cc(NC(=O)N2CCc3[nH]cnc3[C@H]2c2cccc(F)c2)ccc1Cl. The summed E-state index contributed by atoms with van der Waals surface area (Å²) in [5.74, 6) is -0.996. The molecule has 0 saturated carbocycles. The third kappa shape index (κ3) is 3.73. The van der Waals surface area contributed by atoms with Gasteiger partial charge in [0.2, 0.25) is 0 Å². The quantitative estimate of drug-likeness (QED) is 0.613. The highest BCUT2D eigenvalue weighted by Gasteiger charge is 2.34. The molecule has 9 heteroatoms. The van der Waals surface area contributed by atoms with Crippen molar-refractivity contribution in [3.63, 3.8) is 0 Å². The van der Waals surface area contributed by atoms with Crippen molar-refractivity contribution in [2.45, 2.75) is 12.5 Å². The summed E-state index contributed by atoms with van der Waals surface area (Å²) in [6, 6.07) is 9.70. The molecular formula is C21H18ClFN4O3. The highest BCUT2D eigenvalue weighted by atomic mass is 35.5. The maximum atomic E-state index is 13.9. The van der Waals surface area contributed by atoms with Crippen molar-refractivity contribution in [2.75, 3.05) is 19.0 Å². The predicted molar refractivity (Wildman–Crippen MR) is 109 cm³/mol. The Morgan fingerprint density at radius 2 is 2.13 bits per heavy atom. The van der Waals surface area contributed by atoms with Crippen molar-refractivity contribution < 1.29 is 18.7 Å². The molecule has 0 unspecified atom stereocenters. The summed E-state index contributed by atoms with van der Waals surface area (Å²) in [5, 5.41) is 3.00. The minimum absolute atomic E-state index is 0.145. The standard InChI is InChI=1S/C21H18ClFN4O3/c1-30-20(28)15-10-14(5-6-16(15)22)26-21(29)27-8-7-17-18(25-11-24-17)19(27)12-3-2-4-13(23)9-12/h2-6,9-11,19H,7-8H2,1H3,(H,24,25)(H,26,29)/t19-/m1/s1. The molecule has 3 aromatic rings. The topological polar surface area (TPSA) is 87.3 Å². The Morgan fingerprint density at radius 1 is 1.30 bits per heavy atom. The number of carbonyl (C=O) groups excluding carboxylic acids is 2. The molecular weight excluding hydrogens is 411 g/mol. The lowest BCUT2D eigenvalue weighted by Gasteiger charge is -2.35. The van der Waals surface area contributed by atoms with E-state index in [0.29, 0.717) is 29.9 Å². The lowest BCUT2D eigenvalue weighted by Crippen LogP contribution is -2.43. The summed E-state index contributed by atoms with van der Waals surface area (Å²) >= 11 is 6.05. The molecule has 2 N–H and O–H groups in total. The van der Waals surface area contributed by atoms with Crippen LogP contribution in [0, 0.1) is 5.82 Å². The molecule has 154 valence electrons. The third-order valence-electron chi connectivity index (χ3n) is 4.97. The Balaban J connectivity index is 1.65. The number of aromatic amines is 1. The molecule has 0 bridgehead atoms. The van der Waals surface area contributed by atoms with Gasteiger partial charge in [0.15, 0.2) is 0 Å². The first-order valence-electron chi connectivity index (χ1n) is 9.21. The highest BCUT2D eigenvalue weighted by molar-refractivity contribution is 6.33. The Hall–Kier alpha value is -3.39. The first-order chi connectivity index (χ1) is 14.5. The molecule has 2 heterocycles. The minimum atomic E-state index is -0.604. The van der Waals surface area contributed by atoms with Crippen molar-refractivity contribution in [3.05, 3.63) is 82.1 Å². The fourth-order valence-corrected chi connectivity index (χ4v) is 3.77. The second kappa shape index (κ2) is 8.16.